The fourth-order valence-electron chi connectivity index (χ4n) is 4.01. The number of aryl methyl sites for hydroxylation is 1. The topological polar surface area (TPSA) is 78.4 Å². The number of amides is 2. The Hall–Kier alpha value is -1.88. The molecule has 0 heterocycles. The van der Waals surface area contributed by atoms with E-state index in [9.17, 15) is 14.7 Å². The summed E-state index contributed by atoms with van der Waals surface area (Å²) in [4.78, 5) is 24.0. The lowest BCUT2D eigenvalue weighted by Crippen LogP contribution is -2.43. The van der Waals surface area contributed by atoms with Crippen LogP contribution in [0.4, 0.5) is 0 Å². The second-order valence-electron chi connectivity index (χ2n) is 7.37. The number of nitrogens with one attached hydrogen (secondary N) is 2. The van der Waals surface area contributed by atoms with Crippen LogP contribution in [0.2, 0.25) is 0 Å². The molecule has 0 saturated heterocycles. The van der Waals surface area contributed by atoms with E-state index in [1.165, 1.54) is 12.8 Å². The minimum atomic E-state index is -1.00. The molecule has 1 saturated carbocycles. The van der Waals surface area contributed by atoms with Crippen LogP contribution in [0.3, 0.4) is 0 Å². The molecule has 0 aromatic heterocycles. The predicted molar refractivity (Wildman–Crippen MR) is 95.9 cm³/mol. The normalized spacial score (nSPS) is 23.1. The minimum absolute atomic E-state index is 0.0521. The summed E-state index contributed by atoms with van der Waals surface area (Å²) in [6, 6.07) is 8.16. The number of carbonyl (C=O) groups is 2. The first-order valence-electron chi connectivity index (χ1n) is 9.44. The molecule has 0 bridgehead atoms. The maximum Gasteiger partial charge on any atom is 0.220 e. The Bertz CT molecular complexity index is 625. The molecule has 1 aromatic carbocycles. The summed E-state index contributed by atoms with van der Waals surface area (Å²) in [6.07, 6.45) is 7.33. The first-order chi connectivity index (χ1) is 12.1. The van der Waals surface area contributed by atoms with Gasteiger partial charge in [0.1, 0.15) is 5.60 Å². The van der Waals surface area contributed by atoms with Gasteiger partial charge in [-0.25, -0.2) is 0 Å². The summed E-state index contributed by atoms with van der Waals surface area (Å²) >= 11 is 0. The molecule has 0 spiro atoms. The molecule has 25 heavy (non-hydrogen) atoms. The number of benzene rings is 1. The van der Waals surface area contributed by atoms with E-state index < -0.39 is 5.60 Å². The van der Waals surface area contributed by atoms with Gasteiger partial charge >= 0.3 is 0 Å². The zero-order chi connectivity index (χ0) is 17.7. The van der Waals surface area contributed by atoms with E-state index >= 15 is 0 Å². The number of rotatable bonds is 6. The third-order valence-electron chi connectivity index (χ3n) is 5.43. The predicted octanol–water partition coefficient (Wildman–Crippen LogP) is 2.17. The lowest BCUT2D eigenvalue weighted by Gasteiger charge is -2.34. The minimum Gasteiger partial charge on any atom is -0.383 e. The van der Waals surface area contributed by atoms with E-state index in [0.717, 1.165) is 36.8 Å². The molecule has 1 unspecified atom stereocenters. The Morgan fingerprint density at radius 3 is 2.60 bits per heavy atom. The van der Waals surface area contributed by atoms with Crippen molar-refractivity contribution in [2.75, 3.05) is 6.54 Å². The third-order valence-corrected chi connectivity index (χ3v) is 5.43. The van der Waals surface area contributed by atoms with E-state index in [1.54, 1.807) is 0 Å². The Labute approximate surface area is 149 Å². The maximum absolute atomic E-state index is 12.1. The van der Waals surface area contributed by atoms with Crippen molar-refractivity contribution in [1.82, 2.24) is 10.6 Å². The first-order valence-corrected chi connectivity index (χ1v) is 9.44. The van der Waals surface area contributed by atoms with E-state index in [4.69, 9.17) is 0 Å². The van der Waals surface area contributed by atoms with Crippen LogP contribution in [0.5, 0.6) is 0 Å². The fraction of sp³-hybridized carbons (Fsp3) is 0.600. The van der Waals surface area contributed by atoms with Crippen molar-refractivity contribution >= 4 is 11.8 Å². The zero-order valence-electron chi connectivity index (χ0n) is 14.7. The SMILES string of the molecule is O=C(CCC(=O)NC1CCCC1)NCC1(O)CCCc2ccccc21. The summed E-state index contributed by atoms with van der Waals surface area (Å²) in [6.45, 7) is 0.201. The van der Waals surface area contributed by atoms with Crippen molar-refractivity contribution in [2.24, 2.45) is 0 Å². The van der Waals surface area contributed by atoms with Gasteiger partial charge in [0.05, 0.1) is 6.54 Å². The molecule has 1 fully saturated rings. The molecule has 5 nitrogen and oxygen atoms in total. The average Bonchev–Trinajstić information content (AvgIpc) is 3.12. The quantitative estimate of drug-likeness (QED) is 0.740. The number of fused-ring (bicyclic) bond motifs is 1. The van der Waals surface area contributed by atoms with Crippen LogP contribution in [0.25, 0.3) is 0 Å². The molecule has 0 radical (unpaired) electrons. The van der Waals surface area contributed by atoms with E-state index in [0.29, 0.717) is 6.42 Å². The molecule has 1 aromatic rings. The third kappa shape index (κ3) is 4.60. The van der Waals surface area contributed by atoms with Crippen LogP contribution in [0.15, 0.2) is 24.3 Å². The van der Waals surface area contributed by atoms with E-state index in [1.807, 2.05) is 24.3 Å². The highest BCUT2D eigenvalue weighted by atomic mass is 16.3. The van der Waals surface area contributed by atoms with Crippen LogP contribution in [-0.4, -0.2) is 29.5 Å². The number of aliphatic hydroxyl groups is 1. The lowest BCUT2D eigenvalue weighted by atomic mass is 9.79. The molecule has 2 aliphatic carbocycles. The van der Waals surface area contributed by atoms with Crippen LogP contribution < -0.4 is 10.6 Å². The molecule has 0 aliphatic heterocycles. The largest absolute Gasteiger partial charge is 0.383 e. The van der Waals surface area contributed by atoms with Crippen molar-refractivity contribution in [3.63, 3.8) is 0 Å². The molecule has 136 valence electrons. The highest BCUT2D eigenvalue weighted by molar-refractivity contribution is 5.83. The lowest BCUT2D eigenvalue weighted by molar-refractivity contribution is -0.127. The molecule has 3 rings (SSSR count). The van der Waals surface area contributed by atoms with Gasteiger partial charge in [0, 0.05) is 18.9 Å². The van der Waals surface area contributed by atoms with Gasteiger partial charge in [0.15, 0.2) is 0 Å². The van der Waals surface area contributed by atoms with E-state index in [2.05, 4.69) is 10.6 Å². The number of carbonyl (C=O) groups excluding carboxylic acids is 2. The first kappa shape index (κ1) is 17.9. The van der Waals surface area contributed by atoms with Crippen LogP contribution in [-0.2, 0) is 21.6 Å². The molecule has 2 amide bonds. The smallest absolute Gasteiger partial charge is 0.220 e. The number of hydrogen-bond donors (Lipinski definition) is 3. The summed E-state index contributed by atoms with van der Waals surface area (Å²) in [5.74, 6) is -0.234. The van der Waals surface area contributed by atoms with Gasteiger partial charge < -0.3 is 15.7 Å². The Morgan fingerprint density at radius 1 is 1.08 bits per heavy atom. The molecular weight excluding hydrogens is 316 g/mol. The van der Waals surface area contributed by atoms with Gasteiger partial charge in [-0.3, -0.25) is 9.59 Å². The van der Waals surface area contributed by atoms with Crippen molar-refractivity contribution in [1.29, 1.82) is 0 Å². The molecule has 2 aliphatic rings. The van der Waals surface area contributed by atoms with E-state index in [-0.39, 0.29) is 37.2 Å². The van der Waals surface area contributed by atoms with Gasteiger partial charge in [0.2, 0.25) is 11.8 Å². The molecule has 1 atom stereocenters. The van der Waals surface area contributed by atoms with Crippen molar-refractivity contribution in [2.45, 2.75) is 69.4 Å². The summed E-state index contributed by atoms with van der Waals surface area (Å²) in [5.41, 5.74) is 1.07. The van der Waals surface area contributed by atoms with Gasteiger partial charge in [-0.2, -0.15) is 0 Å². The Balaban J connectivity index is 1.45. The second kappa shape index (κ2) is 8.00. The van der Waals surface area contributed by atoms with Crippen molar-refractivity contribution in [3.8, 4) is 0 Å². The highest BCUT2D eigenvalue weighted by Crippen LogP contribution is 2.34. The second-order valence-corrected chi connectivity index (χ2v) is 7.37. The maximum atomic E-state index is 12.1. The summed E-state index contributed by atoms with van der Waals surface area (Å²) < 4.78 is 0. The fourth-order valence-corrected chi connectivity index (χ4v) is 4.01. The molecule has 3 N–H and O–H groups in total. The average molecular weight is 344 g/mol. The van der Waals surface area contributed by atoms with Gasteiger partial charge in [-0.15, -0.1) is 0 Å². The number of hydrogen-bond acceptors (Lipinski definition) is 3. The standard InChI is InChI=1S/C20H28N2O3/c23-18(11-12-19(24)22-16-8-2-3-9-16)21-14-20(25)13-5-7-15-6-1-4-10-17(15)20/h1,4,6,10,16,25H,2-3,5,7-9,11-14H2,(H,21,23)(H,22,24). The van der Waals surface area contributed by atoms with Crippen molar-refractivity contribution < 1.29 is 14.7 Å². The summed E-state index contributed by atoms with van der Waals surface area (Å²) in [7, 11) is 0. The van der Waals surface area contributed by atoms with Crippen LogP contribution >= 0.6 is 0 Å². The highest BCUT2D eigenvalue weighted by Gasteiger charge is 2.34. The van der Waals surface area contributed by atoms with Crippen LogP contribution in [0, 0.1) is 0 Å². The monoisotopic (exact) mass is 344 g/mol. The van der Waals surface area contributed by atoms with Crippen molar-refractivity contribution in [3.05, 3.63) is 35.4 Å². The zero-order valence-corrected chi connectivity index (χ0v) is 14.7. The molecule has 5 heteroatoms. The van der Waals surface area contributed by atoms with Gasteiger partial charge in [-0.05, 0) is 43.2 Å². The molecular formula is C20H28N2O3. The van der Waals surface area contributed by atoms with Gasteiger partial charge in [-0.1, -0.05) is 37.1 Å². The van der Waals surface area contributed by atoms with Crippen LogP contribution in [0.1, 0.15) is 62.5 Å². The van der Waals surface area contributed by atoms with Gasteiger partial charge in [0.25, 0.3) is 0 Å². The Kier molecular flexibility index (Phi) is 5.74. The Morgan fingerprint density at radius 2 is 1.80 bits per heavy atom. The summed E-state index contributed by atoms with van der Waals surface area (Å²) in [5, 5.41) is 16.8.